The Hall–Kier alpha value is -3.92. The fourth-order valence-corrected chi connectivity index (χ4v) is 2.89. The lowest BCUT2D eigenvalue weighted by Crippen LogP contribution is -2.39. The number of H-pyrrole nitrogens is 1. The van der Waals surface area contributed by atoms with Crippen molar-refractivity contribution >= 4 is 28.9 Å². The second-order valence-corrected chi connectivity index (χ2v) is 6.49. The van der Waals surface area contributed by atoms with Crippen LogP contribution >= 0.6 is 11.6 Å². The molecule has 1 heterocycles. The molecule has 10 nitrogen and oxygen atoms in total. The molecule has 0 bridgehead atoms. The molecule has 0 aliphatic heterocycles. The molecule has 0 aliphatic rings. The van der Waals surface area contributed by atoms with Crippen molar-refractivity contribution in [3.8, 4) is 5.75 Å². The van der Waals surface area contributed by atoms with Crippen molar-refractivity contribution in [3.05, 3.63) is 95.8 Å². The number of benzene rings is 2. The van der Waals surface area contributed by atoms with E-state index in [2.05, 4.69) is 10.3 Å². The van der Waals surface area contributed by atoms with Gasteiger partial charge in [-0.15, -0.1) is 0 Å². The molecule has 0 spiro atoms. The zero-order valence-corrected chi connectivity index (χ0v) is 16.3. The van der Waals surface area contributed by atoms with Crippen molar-refractivity contribution in [2.24, 2.45) is 0 Å². The molecule has 0 saturated carbocycles. The SMILES string of the molecule is COc1ccc(NC(=O)c2c[nH]c(=O)n(Cc3ccccc3Cl)c2=O)c([N+](=O)[O-])c1. The first-order valence-corrected chi connectivity index (χ1v) is 8.89. The van der Waals surface area contributed by atoms with Gasteiger partial charge in [-0.1, -0.05) is 29.8 Å². The average molecular weight is 431 g/mol. The van der Waals surface area contributed by atoms with Crippen LogP contribution in [0.25, 0.3) is 0 Å². The molecule has 0 unspecified atom stereocenters. The summed E-state index contributed by atoms with van der Waals surface area (Å²) in [4.78, 5) is 50.4. The van der Waals surface area contributed by atoms with Crippen molar-refractivity contribution in [2.75, 3.05) is 12.4 Å². The van der Waals surface area contributed by atoms with Crippen LogP contribution in [0.3, 0.4) is 0 Å². The lowest BCUT2D eigenvalue weighted by Gasteiger charge is -2.10. The number of carbonyl (C=O) groups excluding carboxylic acids is 1. The molecule has 0 radical (unpaired) electrons. The van der Waals surface area contributed by atoms with Crippen LogP contribution < -0.4 is 21.3 Å². The Balaban J connectivity index is 1.97. The van der Waals surface area contributed by atoms with Crippen molar-refractivity contribution in [1.29, 1.82) is 0 Å². The van der Waals surface area contributed by atoms with Crippen LogP contribution in [0, 0.1) is 10.1 Å². The van der Waals surface area contributed by atoms with Gasteiger partial charge in [-0.3, -0.25) is 24.3 Å². The maximum Gasteiger partial charge on any atom is 0.328 e. The number of methoxy groups -OCH3 is 1. The highest BCUT2D eigenvalue weighted by Crippen LogP contribution is 2.29. The van der Waals surface area contributed by atoms with Gasteiger partial charge in [0.15, 0.2) is 0 Å². The summed E-state index contributed by atoms with van der Waals surface area (Å²) in [6.07, 6.45) is 0.957. The molecule has 3 rings (SSSR count). The summed E-state index contributed by atoms with van der Waals surface area (Å²) >= 11 is 6.08. The van der Waals surface area contributed by atoms with Gasteiger partial charge >= 0.3 is 5.69 Å². The second-order valence-electron chi connectivity index (χ2n) is 6.08. The smallest absolute Gasteiger partial charge is 0.328 e. The number of amides is 1. The van der Waals surface area contributed by atoms with E-state index in [1.54, 1.807) is 24.3 Å². The van der Waals surface area contributed by atoms with Crippen molar-refractivity contribution in [3.63, 3.8) is 0 Å². The number of aromatic amines is 1. The Bertz CT molecular complexity index is 1250. The van der Waals surface area contributed by atoms with E-state index in [1.807, 2.05) is 0 Å². The number of anilines is 1. The van der Waals surface area contributed by atoms with E-state index < -0.39 is 33.3 Å². The van der Waals surface area contributed by atoms with Crippen LogP contribution in [-0.2, 0) is 6.54 Å². The Morgan fingerprint density at radius 2 is 2.00 bits per heavy atom. The van der Waals surface area contributed by atoms with E-state index in [0.717, 1.165) is 16.8 Å². The van der Waals surface area contributed by atoms with E-state index in [9.17, 15) is 24.5 Å². The van der Waals surface area contributed by atoms with E-state index in [0.29, 0.717) is 10.6 Å². The van der Waals surface area contributed by atoms with Gasteiger partial charge in [0.25, 0.3) is 17.2 Å². The van der Waals surface area contributed by atoms with Crippen LogP contribution in [0.15, 0.2) is 58.3 Å². The molecule has 0 atom stereocenters. The summed E-state index contributed by atoms with van der Waals surface area (Å²) in [5.74, 6) is -0.691. The van der Waals surface area contributed by atoms with Crippen LogP contribution in [0.2, 0.25) is 5.02 Å². The molecule has 1 amide bonds. The molecule has 2 aromatic carbocycles. The first-order chi connectivity index (χ1) is 14.3. The lowest BCUT2D eigenvalue weighted by atomic mass is 10.2. The summed E-state index contributed by atoms with van der Waals surface area (Å²) < 4.78 is 5.76. The number of hydrogen-bond acceptors (Lipinski definition) is 6. The number of nitro groups is 1. The second kappa shape index (κ2) is 8.62. The Morgan fingerprint density at radius 1 is 1.27 bits per heavy atom. The lowest BCUT2D eigenvalue weighted by molar-refractivity contribution is -0.384. The number of nitro benzene ring substituents is 1. The van der Waals surface area contributed by atoms with Crippen LogP contribution in [0.5, 0.6) is 5.75 Å². The Labute approximate surface area is 173 Å². The van der Waals surface area contributed by atoms with Crippen molar-refractivity contribution in [2.45, 2.75) is 6.54 Å². The molecule has 154 valence electrons. The molecular weight excluding hydrogens is 416 g/mol. The first kappa shape index (κ1) is 20.8. The van der Waals surface area contributed by atoms with Gasteiger partial charge in [0, 0.05) is 11.2 Å². The van der Waals surface area contributed by atoms with Gasteiger partial charge in [-0.05, 0) is 23.8 Å². The van der Waals surface area contributed by atoms with Crippen molar-refractivity contribution in [1.82, 2.24) is 9.55 Å². The van der Waals surface area contributed by atoms with Crippen molar-refractivity contribution < 1.29 is 14.5 Å². The number of carbonyl (C=O) groups is 1. The van der Waals surface area contributed by atoms with Gasteiger partial charge < -0.3 is 15.0 Å². The highest BCUT2D eigenvalue weighted by atomic mass is 35.5. The number of hydrogen-bond donors (Lipinski definition) is 2. The van der Waals surface area contributed by atoms with E-state index in [-0.39, 0.29) is 18.0 Å². The summed E-state index contributed by atoms with van der Waals surface area (Å²) in [6, 6.07) is 10.5. The van der Waals surface area contributed by atoms with Gasteiger partial charge in [0.05, 0.1) is 24.6 Å². The molecule has 0 saturated heterocycles. The molecule has 3 aromatic rings. The third-order valence-electron chi connectivity index (χ3n) is 4.24. The molecule has 0 aliphatic carbocycles. The minimum absolute atomic E-state index is 0.131. The largest absolute Gasteiger partial charge is 0.496 e. The number of rotatable bonds is 6. The van der Waals surface area contributed by atoms with Gasteiger partial charge in [0.2, 0.25) is 0 Å². The third kappa shape index (κ3) is 4.23. The number of ether oxygens (including phenoxy) is 1. The highest BCUT2D eigenvalue weighted by molar-refractivity contribution is 6.31. The molecule has 0 fully saturated rings. The van der Waals surface area contributed by atoms with Gasteiger partial charge in [0.1, 0.15) is 17.0 Å². The minimum atomic E-state index is -0.919. The van der Waals surface area contributed by atoms with E-state index in [1.165, 1.54) is 19.2 Å². The minimum Gasteiger partial charge on any atom is -0.496 e. The summed E-state index contributed by atoms with van der Waals surface area (Å²) in [6.45, 7) is -0.155. The summed E-state index contributed by atoms with van der Waals surface area (Å²) in [5, 5.41) is 14.0. The predicted molar refractivity (Wildman–Crippen MR) is 109 cm³/mol. The maximum atomic E-state index is 12.7. The molecular formula is C19H15ClN4O6. The summed E-state index contributed by atoms with van der Waals surface area (Å²) in [7, 11) is 1.35. The monoisotopic (exact) mass is 430 g/mol. The van der Waals surface area contributed by atoms with E-state index >= 15 is 0 Å². The maximum absolute atomic E-state index is 12.7. The Kier molecular flexibility index (Phi) is 5.98. The normalized spacial score (nSPS) is 10.5. The fraction of sp³-hybridized carbons (Fsp3) is 0.105. The number of nitrogens with zero attached hydrogens (tertiary/aromatic N) is 2. The number of nitrogens with one attached hydrogen (secondary N) is 2. The molecule has 30 heavy (non-hydrogen) atoms. The van der Waals surface area contributed by atoms with Gasteiger partial charge in [-0.2, -0.15) is 0 Å². The van der Waals surface area contributed by atoms with E-state index in [4.69, 9.17) is 16.3 Å². The van der Waals surface area contributed by atoms with Crippen LogP contribution in [-0.4, -0.2) is 27.5 Å². The number of halogens is 1. The standard InChI is InChI=1S/C19H15ClN4O6/c1-30-12-6-7-15(16(8-12)24(28)29)22-17(25)13-9-21-19(27)23(18(13)26)10-11-4-2-3-5-14(11)20/h2-9H,10H2,1H3,(H,21,27)(H,22,25). The fourth-order valence-electron chi connectivity index (χ4n) is 2.70. The van der Waals surface area contributed by atoms with Crippen LogP contribution in [0.4, 0.5) is 11.4 Å². The third-order valence-corrected chi connectivity index (χ3v) is 4.61. The predicted octanol–water partition coefficient (Wildman–Crippen LogP) is 2.41. The zero-order chi connectivity index (χ0) is 21.8. The summed E-state index contributed by atoms with van der Waals surface area (Å²) in [5.41, 5.74) is -2.03. The van der Waals surface area contributed by atoms with Gasteiger partial charge in [-0.25, -0.2) is 4.79 Å². The zero-order valence-electron chi connectivity index (χ0n) is 15.5. The molecule has 1 aromatic heterocycles. The quantitative estimate of drug-likeness (QED) is 0.455. The average Bonchev–Trinajstić information content (AvgIpc) is 2.72. The first-order valence-electron chi connectivity index (χ1n) is 8.51. The molecule has 11 heteroatoms. The highest BCUT2D eigenvalue weighted by Gasteiger charge is 2.21. The van der Waals surface area contributed by atoms with Crippen LogP contribution in [0.1, 0.15) is 15.9 Å². The Morgan fingerprint density at radius 3 is 2.67 bits per heavy atom. The topological polar surface area (TPSA) is 136 Å². The molecule has 2 N–H and O–H groups in total. The number of aromatic nitrogens is 2.